The highest BCUT2D eigenvalue weighted by Gasteiger charge is 2.15. The third-order valence-electron chi connectivity index (χ3n) is 2.56. The third kappa shape index (κ3) is 2.13. The molecule has 0 amide bonds. The topological polar surface area (TPSA) is 57.4 Å². The lowest BCUT2D eigenvalue weighted by Crippen LogP contribution is -2.15. The molecule has 18 heavy (non-hydrogen) atoms. The molecule has 1 aromatic carbocycles. The van der Waals surface area contributed by atoms with E-state index in [4.69, 9.17) is 25.5 Å². The van der Waals surface area contributed by atoms with Crippen molar-refractivity contribution in [2.75, 3.05) is 19.1 Å². The molecule has 0 saturated carbocycles. The Morgan fingerprint density at radius 2 is 1.94 bits per heavy atom. The van der Waals surface area contributed by atoms with Gasteiger partial charge in [0.15, 0.2) is 11.5 Å². The summed E-state index contributed by atoms with van der Waals surface area (Å²) in [5, 5.41) is 7.90. The lowest BCUT2D eigenvalue weighted by Gasteiger charge is -2.18. The molecule has 2 heterocycles. The van der Waals surface area contributed by atoms with Crippen LogP contribution in [0.2, 0.25) is 0 Å². The molecular formula is C12H11ClN2O3. The first kappa shape index (κ1) is 11.3. The first-order valence-corrected chi connectivity index (χ1v) is 6.18. The second-order valence-electron chi connectivity index (χ2n) is 3.80. The Morgan fingerprint density at radius 1 is 1.11 bits per heavy atom. The quantitative estimate of drug-likeness (QED) is 0.798. The van der Waals surface area contributed by atoms with Crippen molar-refractivity contribution in [1.82, 2.24) is 10.2 Å². The molecule has 3 rings (SSSR count). The lowest BCUT2D eigenvalue weighted by molar-refractivity contribution is 0.171. The first-order valence-electron chi connectivity index (χ1n) is 5.65. The third-order valence-corrected chi connectivity index (χ3v) is 2.75. The normalized spacial score (nSPS) is 13.6. The van der Waals surface area contributed by atoms with E-state index in [0.29, 0.717) is 43.0 Å². The van der Waals surface area contributed by atoms with Gasteiger partial charge in [-0.25, -0.2) is 0 Å². The number of hydrogen-bond acceptors (Lipinski definition) is 5. The molecule has 0 bridgehead atoms. The van der Waals surface area contributed by atoms with E-state index in [1.54, 1.807) is 0 Å². The standard InChI is InChI=1S/C12H11ClN2O3/c13-4-3-11-14-15-12(18-11)8-1-2-9-10(7-8)17-6-5-16-9/h1-2,7H,3-6H2. The zero-order valence-corrected chi connectivity index (χ0v) is 10.3. The summed E-state index contributed by atoms with van der Waals surface area (Å²) < 4.78 is 16.5. The second kappa shape index (κ2) is 4.86. The summed E-state index contributed by atoms with van der Waals surface area (Å²) in [4.78, 5) is 0. The maximum atomic E-state index is 5.62. The van der Waals surface area contributed by atoms with Crippen LogP contribution >= 0.6 is 11.6 Å². The summed E-state index contributed by atoms with van der Waals surface area (Å²) in [6.45, 7) is 1.13. The van der Waals surface area contributed by atoms with Gasteiger partial charge in [0, 0.05) is 17.9 Å². The fourth-order valence-corrected chi connectivity index (χ4v) is 1.89. The highest BCUT2D eigenvalue weighted by molar-refractivity contribution is 6.17. The number of alkyl halides is 1. The van der Waals surface area contributed by atoms with Crippen LogP contribution in [0.25, 0.3) is 11.5 Å². The van der Waals surface area contributed by atoms with Crippen LogP contribution < -0.4 is 9.47 Å². The summed E-state index contributed by atoms with van der Waals surface area (Å²) in [7, 11) is 0. The average molecular weight is 267 g/mol. The molecule has 0 aliphatic carbocycles. The van der Waals surface area contributed by atoms with E-state index in [0.717, 1.165) is 11.3 Å². The Kier molecular flexibility index (Phi) is 3.06. The SMILES string of the molecule is ClCCc1nnc(-c2ccc3c(c2)OCCO3)o1. The van der Waals surface area contributed by atoms with Crippen LogP contribution in [-0.2, 0) is 6.42 Å². The number of benzene rings is 1. The fourth-order valence-electron chi connectivity index (χ4n) is 1.73. The molecular weight excluding hydrogens is 256 g/mol. The molecule has 0 unspecified atom stereocenters. The van der Waals surface area contributed by atoms with E-state index in [2.05, 4.69) is 10.2 Å². The summed E-state index contributed by atoms with van der Waals surface area (Å²) in [5.41, 5.74) is 0.813. The van der Waals surface area contributed by atoms with Crippen LogP contribution in [0.4, 0.5) is 0 Å². The zero-order valence-electron chi connectivity index (χ0n) is 9.56. The minimum Gasteiger partial charge on any atom is -0.486 e. The number of aryl methyl sites for hydroxylation is 1. The predicted octanol–water partition coefficient (Wildman–Crippen LogP) is 2.29. The Morgan fingerprint density at radius 3 is 2.78 bits per heavy atom. The molecule has 5 nitrogen and oxygen atoms in total. The van der Waals surface area contributed by atoms with Crippen molar-refractivity contribution in [2.45, 2.75) is 6.42 Å². The monoisotopic (exact) mass is 266 g/mol. The predicted molar refractivity (Wildman–Crippen MR) is 65.1 cm³/mol. The van der Waals surface area contributed by atoms with Crippen molar-refractivity contribution >= 4 is 11.6 Å². The van der Waals surface area contributed by atoms with Gasteiger partial charge >= 0.3 is 0 Å². The zero-order chi connectivity index (χ0) is 12.4. The lowest BCUT2D eigenvalue weighted by atomic mass is 10.2. The smallest absolute Gasteiger partial charge is 0.247 e. The van der Waals surface area contributed by atoms with E-state index in [1.165, 1.54) is 0 Å². The van der Waals surface area contributed by atoms with Crippen LogP contribution in [-0.4, -0.2) is 29.3 Å². The summed E-state index contributed by atoms with van der Waals surface area (Å²) in [6.07, 6.45) is 0.569. The van der Waals surface area contributed by atoms with Gasteiger partial charge in [-0.05, 0) is 18.2 Å². The summed E-state index contributed by atoms with van der Waals surface area (Å²) in [5.74, 6) is 2.91. The molecule has 1 aliphatic rings. The molecule has 94 valence electrons. The summed E-state index contributed by atoms with van der Waals surface area (Å²) in [6, 6.07) is 5.55. The van der Waals surface area contributed by atoms with E-state index in [-0.39, 0.29) is 0 Å². The molecule has 1 aliphatic heterocycles. The van der Waals surface area contributed by atoms with Gasteiger partial charge in [-0.3, -0.25) is 0 Å². The van der Waals surface area contributed by atoms with E-state index in [9.17, 15) is 0 Å². The number of nitrogens with zero attached hydrogens (tertiary/aromatic N) is 2. The van der Waals surface area contributed by atoms with Crippen LogP contribution in [0.15, 0.2) is 22.6 Å². The number of fused-ring (bicyclic) bond motifs is 1. The molecule has 0 atom stereocenters. The van der Waals surface area contributed by atoms with Gasteiger partial charge in [0.2, 0.25) is 11.8 Å². The summed E-state index contributed by atoms with van der Waals surface area (Å²) >= 11 is 5.62. The Balaban J connectivity index is 1.91. The van der Waals surface area contributed by atoms with Gasteiger partial charge < -0.3 is 13.9 Å². The Bertz CT molecular complexity index is 556. The minimum absolute atomic E-state index is 0.461. The van der Waals surface area contributed by atoms with Crippen molar-refractivity contribution in [3.63, 3.8) is 0 Å². The van der Waals surface area contributed by atoms with Gasteiger partial charge in [0.1, 0.15) is 13.2 Å². The van der Waals surface area contributed by atoms with Crippen molar-refractivity contribution in [1.29, 1.82) is 0 Å². The van der Waals surface area contributed by atoms with Gasteiger partial charge in [-0.15, -0.1) is 21.8 Å². The van der Waals surface area contributed by atoms with E-state index in [1.807, 2.05) is 18.2 Å². The largest absolute Gasteiger partial charge is 0.486 e. The van der Waals surface area contributed by atoms with Crippen molar-refractivity contribution in [3.05, 3.63) is 24.1 Å². The number of ether oxygens (including phenoxy) is 2. The van der Waals surface area contributed by atoms with Gasteiger partial charge in [0.25, 0.3) is 0 Å². The number of rotatable bonds is 3. The van der Waals surface area contributed by atoms with E-state index >= 15 is 0 Å². The van der Waals surface area contributed by atoms with Crippen LogP contribution in [0.3, 0.4) is 0 Å². The highest BCUT2D eigenvalue weighted by atomic mass is 35.5. The maximum absolute atomic E-state index is 5.62. The Labute approximate surface area is 109 Å². The van der Waals surface area contributed by atoms with Gasteiger partial charge in [0.05, 0.1) is 0 Å². The second-order valence-corrected chi connectivity index (χ2v) is 4.18. The number of aromatic nitrogens is 2. The minimum atomic E-state index is 0.461. The van der Waals surface area contributed by atoms with Gasteiger partial charge in [-0.1, -0.05) is 0 Å². The Hall–Kier alpha value is -1.75. The average Bonchev–Trinajstić information content (AvgIpc) is 2.87. The molecule has 1 aromatic heterocycles. The van der Waals surface area contributed by atoms with Crippen LogP contribution in [0, 0.1) is 0 Å². The van der Waals surface area contributed by atoms with Crippen molar-refractivity contribution in [3.8, 4) is 23.0 Å². The molecule has 6 heteroatoms. The van der Waals surface area contributed by atoms with Crippen LogP contribution in [0.5, 0.6) is 11.5 Å². The first-order chi connectivity index (χ1) is 8.86. The highest BCUT2D eigenvalue weighted by Crippen LogP contribution is 2.34. The maximum Gasteiger partial charge on any atom is 0.247 e. The molecule has 2 aromatic rings. The van der Waals surface area contributed by atoms with E-state index < -0.39 is 0 Å². The molecule has 0 fully saturated rings. The number of hydrogen-bond donors (Lipinski definition) is 0. The molecule has 0 radical (unpaired) electrons. The molecule has 0 saturated heterocycles. The van der Waals surface area contributed by atoms with Crippen LogP contribution in [0.1, 0.15) is 5.89 Å². The van der Waals surface area contributed by atoms with Crippen molar-refractivity contribution < 1.29 is 13.9 Å². The molecule has 0 N–H and O–H groups in total. The number of halogens is 1. The van der Waals surface area contributed by atoms with Crippen molar-refractivity contribution in [2.24, 2.45) is 0 Å². The fraction of sp³-hybridized carbons (Fsp3) is 0.333. The van der Waals surface area contributed by atoms with Gasteiger partial charge in [-0.2, -0.15) is 0 Å². The molecule has 0 spiro atoms.